The molecule has 3 N–H and O–H groups in total. The Kier molecular flexibility index (Phi) is 5.88. The predicted octanol–water partition coefficient (Wildman–Crippen LogP) is 1.35. The van der Waals surface area contributed by atoms with E-state index < -0.39 is 0 Å². The molecule has 0 radical (unpaired) electrons. The van der Waals surface area contributed by atoms with Crippen LogP contribution in [0.25, 0.3) is 10.9 Å². The van der Waals surface area contributed by atoms with Crippen molar-refractivity contribution >= 4 is 16.9 Å². The molecule has 6 nitrogen and oxygen atoms in total. The van der Waals surface area contributed by atoms with Crippen molar-refractivity contribution in [1.82, 2.24) is 20.5 Å². The second kappa shape index (κ2) is 8.31. The van der Waals surface area contributed by atoms with Gasteiger partial charge in [0.2, 0.25) is 0 Å². The van der Waals surface area contributed by atoms with Crippen molar-refractivity contribution in [3.05, 3.63) is 35.8 Å². The molecule has 1 saturated heterocycles. The van der Waals surface area contributed by atoms with Gasteiger partial charge in [-0.1, -0.05) is 0 Å². The van der Waals surface area contributed by atoms with Crippen molar-refractivity contribution in [2.75, 3.05) is 46.9 Å². The van der Waals surface area contributed by atoms with Gasteiger partial charge >= 0.3 is 0 Å². The van der Waals surface area contributed by atoms with Crippen LogP contribution in [0.2, 0.25) is 0 Å². The van der Waals surface area contributed by atoms with E-state index in [0.717, 1.165) is 55.1 Å². The van der Waals surface area contributed by atoms with Gasteiger partial charge < -0.3 is 25.3 Å². The summed E-state index contributed by atoms with van der Waals surface area (Å²) in [4.78, 5) is 9.69. The molecule has 1 fully saturated rings. The number of nitrogens with zero attached hydrogens (tertiary/aromatic N) is 2. The predicted molar refractivity (Wildman–Crippen MR) is 98.6 cm³/mol. The van der Waals surface area contributed by atoms with Crippen LogP contribution in [0.15, 0.2) is 29.4 Å². The fourth-order valence-corrected chi connectivity index (χ4v) is 3.09. The first-order valence-electron chi connectivity index (χ1n) is 8.66. The van der Waals surface area contributed by atoms with E-state index in [4.69, 9.17) is 4.74 Å². The fourth-order valence-electron chi connectivity index (χ4n) is 3.09. The van der Waals surface area contributed by atoms with Crippen LogP contribution in [0.5, 0.6) is 0 Å². The van der Waals surface area contributed by atoms with E-state index in [1.807, 2.05) is 6.20 Å². The van der Waals surface area contributed by atoms with Crippen molar-refractivity contribution < 1.29 is 9.13 Å². The molecule has 0 aliphatic carbocycles. The topological polar surface area (TPSA) is 64.7 Å². The van der Waals surface area contributed by atoms with Gasteiger partial charge in [-0.15, -0.1) is 0 Å². The van der Waals surface area contributed by atoms with Gasteiger partial charge in [0.25, 0.3) is 0 Å². The Hall–Kier alpha value is -2.12. The largest absolute Gasteiger partial charge is 0.374 e. The van der Waals surface area contributed by atoms with Gasteiger partial charge in [-0.3, -0.25) is 4.99 Å². The van der Waals surface area contributed by atoms with Crippen LogP contribution in [-0.4, -0.2) is 68.8 Å². The summed E-state index contributed by atoms with van der Waals surface area (Å²) >= 11 is 0. The average molecular weight is 347 g/mol. The van der Waals surface area contributed by atoms with E-state index in [9.17, 15) is 4.39 Å². The molecule has 1 aliphatic rings. The molecule has 1 aromatic heterocycles. The Morgan fingerprint density at radius 3 is 3.12 bits per heavy atom. The first-order chi connectivity index (χ1) is 12.2. The normalized spacial score (nSPS) is 19.3. The number of guanidine groups is 1. The number of aromatic amines is 1. The summed E-state index contributed by atoms with van der Waals surface area (Å²) in [5, 5.41) is 7.54. The standard InChI is InChI=1S/C18H26FN5O/c1-20-18(23-11-15-12-24(2)7-8-25-15)21-6-5-13-10-22-17-4-3-14(19)9-16(13)17/h3-4,9-10,15,22H,5-8,11-12H2,1-2H3,(H2,20,21,23). The van der Waals surface area contributed by atoms with Crippen LogP contribution < -0.4 is 10.6 Å². The zero-order valence-electron chi connectivity index (χ0n) is 14.8. The number of nitrogens with one attached hydrogen (secondary N) is 3. The Bertz CT molecular complexity index is 729. The number of fused-ring (bicyclic) bond motifs is 1. The maximum Gasteiger partial charge on any atom is 0.191 e. The van der Waals surface area contributed by atoms with Gasteiger partial charge in [-0.2, -0.15) is 0 Å². The second-order valence-electron chi connectivity index (χ2n) is 6.39. The zero-order valence-corrected chi connectivity index (χ0v) is 14.8. The highest BCUT2D eigenvalue weighted by molar-refractivity contribution is 5.83. The third-order valence-electron chi connectivity index (χ3n) is 4.48. The summed E-state index contributed by atoms with van der Waals surface area (Å²) in [5.74, 6) is 0.541. The van der Waals surface area contributed by atoms with Crippen molar-refractivity contribution in [3.8, 4) is 0 Å². The molecule has 2 heterocycles. The lowest BCUT2D eigenvalue weighted by Gasteiger charge is -2.30. The molecule has 3 rings (SSSR count). The van der Waals surface area contributed by atoms with Gasteiger partial charge in [0.15, 0.2) is 5.96 Å². The monoisotopic (exact) mass is 347 g/mol. The van der Waals surface area contributed by atoms with Crippen LogP contribution in [0, 0.1) is 5.82 Å². The molecule has 25 heavy (non-hydrogen) atoms. The van der Waals surface area contributed by atoms with Crippen LogP contribution in [0.4, 0.5) is 4.39 Å². The first-order valence-corrected chi connectivity index (χ1v) is 8.66. The van der Waals surface area contributed by atoms with Gasteiger partial charge in [0, 0.05) is 50.3 Å². The number of morpholine rings is 1. The van der Waals surface area contributed by atoms with E-state index in [-0.39, 0.29) is 11.9 Å². The Labute approximate surface area is 147 Å². The Morgan fingerprint density at radius 1 is 1.44 bits per heavy atom. The molecular weight excluding hydrogens is 321 g/mol. The zero-order chi connectivity index (χ0) is 17.6. The van der Waals surface area contributed by atoms with Crippen LogP contribution >= 0.6 is 0 Å². The van der Waals surface area contributed by atoms with Crippen LogP contribution in [0.3, 0.4) is 0 Å². The quantitative estimate of drug-likeness (QED) is 0.564. The highest BCUT2D eigenvalue weighted by atomic mass is 19.1. The highest BCUT2D eigenvalue weighted by Crippen LogP contribution is 2.19. The molecule has 0 amide bonds. The molecule has 7 heteroatoms. The number of H-pyrrole nitrogens is 1. The number of hydrogen-bond donors (Lipinski definition) is 3. The van der Waals surface area contributed by atoms with Crippen molar-refractivity contribution in [2.45, 2.75) is 12.5 Å². The number of aliphatic imine (C=N–C) groups is 1. The SMILES string of the molecule is CN=C(NCCc1c[nH]c2ccc(F)cc12)NCC1CN(C)CCO1. The number of ether oxygens (including phenoxy) is 1. The lowest BCUT2D eigenvalue weighted by Crippen LogP contribution is -2.48. The maximum absolute atomic E-state index is 13.4. The van der Waals surface area contributed by atoms with E-state index in [1.165, 1.54) is 6.07 Å². The molecule has 0 saturated carbocycles. The average Bonchev–Trinajstić information content (AvgIpc) is 3.00. The molecule has 0 bridgehead atoms. The Balaban J connectivity index is 1.47. The second-order valence-corrected chi connectivity index (χ2v) is 6.39. The number of rotatable bonds is 5. The number of halogens is 1. The molecular formula is C18H26FN5O. The minimum absolute atomic E-state index is 0.175. The number of likely N-dealkylation sites (N-methyl/N-ethyl adjacent to an activating group) is 1. The van der Waals surface area contributed by atoms with Crippen molar-refractivity contribution in [2.24, 2.45) is 4.99 Å². The number of hydrogen-bond acceptors (Lipinski definition) is 3. The molecule has 2 aromatic rings. The van der Waals surface area contributed by atoms with Gasteiger partial charge in [0.1, 0.15) is 5.82 Å². The van der Waals surface area contributed by atoms with E-state index in [1.54, 1.807) is 19.2 Å². The van der Waals surface area contributed by atoms with Gasteiger partial charge in [-0.25, -0.2) is 4.39 Å². The van der Waals surface area contributed by atoms with E-state index in [0.29, 0.717) is 6.54 Å². The first kappa shape index (κ1) is 17.7. The maximum atomic E-state index is 13.4. The van der Waals surface area contributed by atoms with Crippen LogP contribution in [-0.2, 0) is 11.2 Å². The summed E-state index contributed by atoms with van der Waals surface area (Å²) in [5.41, 5.74) is 2.05. The van der Waals surface area contributed by atoms with Gasteiger partial charge in [0.05, 0.1) is 12.7 Å². The Morgan fingerprint density at radius 2 is 2.32 bits per heavy atom. The minimum atomic E-state index is -0.212. The fraction of sp³-hybridized carbons (Fsp3) is 0.500. The van der Waals surface area contributed by atoms with E-state index >= 15 is 0 Å². The molecule has 1 unspecified atom stereocenters. The summed E-state index contributed by atoms with van der Waals surface area (Å²) in [6, 6.07) is 4.81. The summed E-state index contributed by atoms with van der Waals surface area (Å²) in [6.45, 7) is 4.11. The molecule has 1 atom stereocenters. The van der Waals surface area contributed by atoms with Crippen molar-refractivity contribution in [3.63, 3.8) is 0 Å². The summed E-state index contributed by atoms with van der Waals surface area (Å²) in [6.07, 6.45) is 2.90. The third-order valence-corrected chi connectivity index (χ3v) is 4.48. The molecule has 1 aliphatic heterocycles. The minimum Gasteiger partial charge on any atom is -0.374 e. The van der Waals surface area contributed by atoms with E-state index in [2.05, 4.69) is 32.6 Å². The smallest absolute Gasteiger partial charge is 0.191 e. The van der Waals surface area contributed by atoms with Crippen LogP contribution in [0.1, 0.15) is 5.56 Å². The number of benzene rings is 1. The van der Waals surface area contributed by atoms with Gasteiger partial charge in [-0.05, 0) is 37.2 Å². The van der Waals surface area contributed by atoms with Crippen molar-refractivity contribution in [1.29, 1.82) is 0 Å². The lowest BCUT2D eigenvalue weighted by molar-refractivity contribution is -0.0161. The summed E-state index contributed by atoms with van der Waals surface area (Å²) < 4.78 is 19.2. The molecule has 0 spiro atoms. The molecule has 136 valence electrons. The third kappa shape index (κ3) is 4.70. The summed E-state index contributed by atoms with van der Waals surface area (Å²) in [7, 11) is 3.86. The lowest BCUT2D eigenvalue weighted by atomic mass is 10.1. The molecule has 1 aromatic carbocycles. The highest BCUT2D eigenvalue weighted by Gasteiger charge is 2.17. The number of aromatic nitrogens is 1.